The molecule has 17 heavy (non-hydrogen) atoms. The van der Waals surface area contributed by atoms with Gasteiger partial charge in [-0.3, -0.25) is 0 Å². The van der Waals surface area contributed by atoms with Crippen molar-refractivity contribution in [2.75, 3.05) is 0 Å². The molecule has 0 saturated carbocycles. The fourth-order valence-electron chi connectivity index (χ4n) is 2.58. The Bertz CT molecular complexity index is 563. The van der Waals surface area contributed by atoms with Crippen LogP contribution in [0.5, 0.6) is 0 Å². The van der Waals surface area contributed by atoms with Crippen molar-refractivity contribution in [3.8, 4) is 0 Å². The Morgan fingerprint density at radius 3 is 1.82 bits per heavy atom. The maximum absolute atomic E-state index is 12.1. The molecule has 2 bridgehead atoms. The molecule has 4 atom stereocenters. The van der Waals surface area contributed by atoms with Crippen molar-refractivity contribution < 1.29 is 0 Å². The van der Waals surface area contributed by atoms with Crippen molar-refractivity contribution >= 4 is 31.9 Å². The Hall–Kier alpha value is -0.560. The van der Waals surface area contributed by atoms with Crippen LogP contribution in [0.25, 0.3) is 0 Å². The molecule has 0 aromatic carbocycles. The topological polar surface area (TPSA) is 48.9 Å². The number of halogens is 2. The van der Waals surface area contributed by atoms with Crippen LogP contribution in [-0.2, 0) is 6.54 Å². The summed E-state index contributed by atoms with van der Waals surface area (Å²) in [5.41, 5.74) is -0.443. The van der Waals surface area contributed by atoms with Crippen molar-refractivity contribution in [3.63, 3.8) is 0 Å². The highest BCUT2D eigenvalue weighted by Crippen LogP contribution is 2.41. The van der Waals surface area contributed by atoms with E-state index in [1.807, 2.05) is 19.1 Å². The predicted octanol–water partition coefficient (Wildman–Crippen LogP) is 1.02. The zero-order valence-corrected chi connectivity index (χ0v) is 12.3. The molecular formula is C10H11Br2N3O2. The molecular weight excluding hydrogens is 354 g/mol. The van der Waals surface area contributed by atoms with Crippen LogP contribution in [-0.4, -0.2) is 23.6 Å². The standard InChI is InChI=1S/C10H11Br2N3O2/c1-2-13-9(16)14-5-3-4-6(8(12)7(5)11)15(14)10(13)17/h3-8H,2H2,1H3/t5-,6-,7-,8+/m0/s1. The third-order valence-corrected chi connectivity index (χ3v) is 6.36. The van der Waals surface area contributed by atoms with Crippen molar-refractivity contribution in [2.24, 2.45) is 0 Å². The first-order valence-electron chi connectivity index (χ1n) is 5.48. The van der Waals surface area contributed by atoms with E-state index in [1.165, 1.54) is 4.57 Å². The van der Waals surface area contributed by atoms with Crippen LogP contribution >= 0.6 is 31.9 Å². The number of hydrogen-bond donors (Lipinski definition) is 0. The Morgan fingerprint density at radius 2 is 1.47 bits per heavy atom. The number of aromatic nitrogens is 3. The van der Waals surface area contributed by atoms with Crippen LogP contribution in [0.4, 0.5) is 0 Å². The molecule has 0 fully saturated rings. The van der Waals surface area contributed by atoms with E-state index >= 15 is 0 Å². The van der Waals surface area contributed by atoms with Gasteiger partial charge in [0.2, 0.25) is 0 Å². The monoisotopic (exact) mass is 363 g/mol. The molecule has 0 radical (unpaired) electrons. The summed E-state index contributed by atoms with van der Waals surface area (Å²) in [6.07, 6.45) is 3.98. The Morgan fingerprint density at radius 1 is 1.06 bits per heavy atom. The quantitative estimate of drug-likeness (QED) is 0.552. The second kappa shape index (κ2) is 3.71. The van der Waals surface area contributed by atoms with Crippen LogP contribution in [0.1, 0.15) is 19.0 Å². The molecule has 0 saturated heterocycles. The molecule has 4 rings (SSSR count). The predicted molar refractivity (Wildman–Crippen MR) is 71.3 cm³/mol. The van der Waals surface area contributed by atoms with Gasteiger partial charge in [0.25, 0.3) is 0 Å². The summed E-state index contributed by atoms with van der Waals surface area (Å²) in [7, 11) is 0. The highest BCUT2D eigenvalue weighted by molar-refractivity contribution is 9.12. The molecule has 1 aromatic heterocycles. The fourth-order valence-corrected chi connectivity index (χ4v) is 4.00. The summed E-state index contributed by atoms with van der Waals surface area (Å²) in [4.78, 5) is 24.5. The molecule has 1 aromatic rings. The lowest BCUT2D eigenvalue weighted by molar-refractivity contribution is 0.278. The van der Waals surface area contributed by atoms with Crippen LogP contribution in [0, 0.1) is 0 Å². The maximum atomic E-state index is 12.1. The number of alkyl halides is 2. The van der Waals surface area contributed by atoms with Gasteiger partial charge < -0.3 is 0 Å². The molecule has 0 unspecified atom stereocenters. The molecule has 0 amide bonds. The normalized spacial score (nSPS) is 34.1. The summed E-state index contributed by atoms with van der Waals surface area (Å²) in [5.74, 6) is 0. The van der Waals surface area contributed by atoms with Gasteiger partial charge in [0.15, 0.2) is 0 Å². The van der Waals surface area contributed by atoms with E-state index in [-0.39, 0.29) is 33.1 Å². The van der Waals surface area contributed by atoms with Crippen molar-refractivity contribution in [3.05, 3.63) is 33.1 Å². The van der Waals surface area contributed by atoms with Crippen LogP contribution < -0.4 is 11.4 Å². The molecule has 0 spiro atoms. The molecule has 92 valence electrons. The molecule has 3 aliphatic rings. The van der Waals surface area contributed by atoms with E-state index in [4.69, 9.17) is 0 Å². The SMILES string of the molecule is CCn1c(=O)n2n(c1=O)[C@H]1C=C[C@H]2[C@H](Br)[C@@H]1Br. The third kappa shape index (κ3) is 1.29. The van der Waals surface area contributed by atoms with Crippen LogP contribution in [0.3, 0.4) is 0 Å². The summed E-state index contributed by atoms with van der Waals surface area (Å²) < 4.78 is 4.40. The van der Waals surface area contributed by atoms with Crippen molar-refractivity contribution in [1.82, 2.24) is 13.9 Å². The highest BCUT2D eigenvalue weighted by atomic mass is 79.9. The number of fused-ring (bicyclic) bond motifs is 1. The highest BCUT2D eigenvalue weighted by Gasteiger charge is 2.44. The van der Waals surface area contributed by atoms with E-state index in [0.29, 0.717) is 6.54 Å². The zero-order chi connectivity index (χ0) is 12.3. The minimum Gasteiger partial charge on any atom is -0.246 e. The largest absolute Gasteiger partial charge is 0.347 e. The Kier molecular flexibility index (Phi) is 2.52. The van der Waals surface area contributed by atoms with Crippen LogP contribution in [0.2, 0.25) is 0 Å². The minimum atomic E-state index is -0.222. The average Bonchev–Trinajstić information content (AvgIpc) is 2.58. The number of hydrogen-bond acceptors (Lipinski definition) is 2. The van der Waals surface area contributed by atoms with Crippen LogP contribution in [0.15, 0.2) is 21.7 Å². The number of rotatable bonds is 1. The van der Waals surface area contributed by atoms with Crippen molar-refractivity contribution in [2.45, 2.75) is 35.2 Å². The average molecular weight is 365 g/mol. The van der Waals surface area contributed by atoms with Gasteiger partial charge in [-0.15, -0.1) is 0 Å². The van der Waals surface area contributed by atoms with Gasteiger partial charge in [-0.25, -0.2) is 23.5 Å². The lowest BCUT2D eigenvalue weighted by atomic mass is 9.96. The molecule has 3 heterocycles. The lowest BCUT2D eigenvalue weighted by Gasteiger charge is -2.40. The molecule has 1 aliphatic carbocycles. The first kappa shape index (κ1) is 11.5. The Labute approximate surface area is 114 Å². The van der Waals surface area contributed by atoms with Gasteiger partial charge in [-0.2, -0.15) is 0 Å². The van der Waals surface area contributed by atoms with Gasteiger partial charge in [0.1, 0.15) is 0 Å². The molecule has 5 nitrogen and oxygen atoms in total. The van der Waals surface area contributed by atoms with E-state index < -0.39 is 0 Å². The smallest absolute Gasteiger partial charge is 0.246 e. The van der Waals surface area contributed by atoms with E-state index in [9.17, 15) is 9.59 Å². The first-order valence-corrected chi connectivity index (χ1v) is 7.31. The fraction of sp³-hybridized carbons (Fsp3) is 0.600. The van der Waals surface area contributed by atoms with Gasteiger partial charge in [0, 0.05) is 6.54 Å². The molecule has 0 N–H and O–H groups in total. The summed E-state index contributed by atoms with van der Waals surface area (Å²) in [6, 6.07) is -0.199. The van der Waals surface area contributed by atoms with Gasteiger partial charge in [-0.1, -0.05) is 44.0 Å². The minimum absolute atomic E-state index is 0.0997. The lowest BCUT2D eigenvalue weighted by Crippen LogP contribution is -2.50. The second-order valence-corrected chi connectivity index (χ2v) is 6.37. The summed E-state index contributed by atoms with van der Waals surface area (Å²) >= 11 is 7.18. The van der Waals surface area contributed by atoms with E-state index in [0.717, 1.165) is 0 Å². The van der Waals surface area contributed by atoms with Gasteiger partial charge in [-0.05, 0) is 6.92 Å². The Balaban J connectivity index is 2.35. The van der Waals surface area contributed by atoms with E-state index in [1.54, 1.807) is 9.36 Å². The van der Waals surface area contributed by atoms with Gasteiger partial charge in [0.05, 0.1) is 21.7 Å². The summed E-state index contributed by atoms with van der Waals surface area (Å²) in [6.45, 7) is 2.21. The number of nitrogens with zero attached hydrogens (tertiary/aromatic N) is 3. The van der Waals surface area contributed by atoms with E-state index in [2.05, 4.69) is 31.9 Å². The number of allylic oxidation sites excluding steroid dienone is 2. The molecule has 7 heteroatoms. The van der Waals surface area contributed by atoms with Crippen molar-refractivity contribution in [1.29, 1.82) is 0 Å². The summed E-state index contributed by atoms with van der Waals surface area (Å²) in [5, 5.41) is 0. The zero-order valence-electron chi connectivity index (χ0n) is 9.09. The second-order valence-electron chi connectivity index (χ2n) is 4.25. The van der Waals surface area contributed by atoms with Gasteiger partial charge >= 0.3 is 11.4 Å². The first-order chi connectivity index (χ1) is 8.07. The maximum Gasteiger partial charge on any atom is 0.347 e. The third-order valence-electron chi connectivity index (χ3n) is 3.43. The molecule has 2 aliphatic heterocycles.